The molecule has 0 fully saturated rings. The number of carbonyl (C=O) groups is 2. The lowest BCUT2D eigenvalue weighted by atomic mass is 9.88. The third kappa shape index (κ3) is 4.27. The van der Waals surface area contributed by atoms with Crippen LogP contribution >= 0.6 is 12.6 Å². The van der Waals surface area contributed by atoms with Crippen molar-refractivity contribution in [2.45, 2.75) is 32.2 Å². The van der Waals surface area contributed by atoms with Crippen LogP contribution in [0.4, 0.5) is 0 Å². The minimum absolute atomic E-state index is 0.0139. The zero-order chi connectivity index (χ0) is 15.1. The molecule has 2 N–H and O–H groups in total. The fraction of sp³-hybridized carbons (Fsp3) is 0.467. The molecule has 0 aliphatic heterocycles. The highest BCUT2D eigenvalue weighted by Crippen LogP contribution is 2.25. The maximum absolute atomic E-state index is 12.2. The predicted molar refractivity (Wildman–Crippen MR) is 82.1 cm³/mol. The van der Waals surface area contributed by atoms with E-state index < -0.39 is 12.0 Å². The van der Waals surface area contributed by atoms with Gasteiger partial charge in [0.2, 0.25) is 5.91 Å². The first-order valence-corrected chi connectivity index (χ1v) is 7.33. The number of nitrogens with one attached hydrogen (secondary N) is 1. The van der Waals surface area contributed by atoms with E-state index in [0.29, 0.717) is 12.2 Å². The molecule has 0 saturated carbocycles. The highest BCUT2D eigenvalue weighted by atomic mass is 32.1. The number of rotatable bonds is 7. The Bertz CT molecular complexity index is 450. The highest BCUT2D eigenvalue weighted by molar-refractivity contribution is 7.80. The van der Waals surface area contributed by atoms with Crippen molar-refractivity contribution >= 4 is 24.5 Å². The predicted octanol–water partition coefficient (Wildman–Crippen LogP) is 2.32. The summed E-state index contributed by atoms with van der Waals surface area (Å²) in [5, 5.41) is 11.6. The van der Waals surface area contributed by atoms with Gasteiger partial charge in [-0.2, -0.15) is 12.6 Å². The average Bonchev–Trinajstić information content (AvgIpc) is 2.45. The monoisotopic (exact) mass is 295 g/mol. The number of amides is 1. The Kier molecular flexibility index (Phi) is 6.58. The molecule has 5 heteroatoms. The molecule has 0 radical (unpaired) electrons. The molecular weight excluding hydrogens is 274 g/mol. The smallest absolute Gasteiger partial charge is 0.326 e. The Morgan fingerprint density at radius 1 is 1.30 bits per heavy atom. The lowest BCUT2D eigenvalue weighted by Gasteiger charge is -2.23. The van der Waals surface area contributed by atoms with Gasteiger partial charge in [-0.05, 0) is 17.9 Å². The zero-order valence-electron chi connectivity index (χ0n) is 11.7. The molecular formula is C15H21NO3S. The molecule has 1 aromatic carbocycles. The number of thiol groups is 1. The molecule has 1 rings (SSSR count). The van der Waals surface area contributed by atoms with E-state index in [1.165, 1.54) is 0 Å². The molecule has 1 amide bonds. The standard InChI is InChI=1S/C15H21NO3S/c1-3-13(15(18)19)16-14(17)12(9-20)10(2)11-7-5-4-6-8-11/h4-8,10,12-13,20H,3,9H2,1-2H3,(H,16,17)(H,18,19)/t10-,12+,13+/m1/s1. The summed E-state index contributed by atoms with van der Waals surface area (Å²) >= 11 is 4.24. The van der Waals surface area contributed by atoms with Gasteiger partial charge in [0.25, 0.3) is 0 Å². The maximum atomic E-state index is 12.2. The Balaban J connectivity index is 2.79. The van der Waals surface area contributed by atoms with Gasteiger partial charge in [0.1, 0.15) is 6.04 Å². The molecule has 4 nitrogen and oxygen atoms in total. The van der Waals surface area contributed by atoms with Crippen LogP contribution in [0.3, 0.4) is 0 Å². The normalized spacial score (nSPS) is 15.2. The number of hydrogen-bond acceptors (Lipinski definition) is 3. The minimum atomic E-state index is -1.01. The van der Waals surface area contributed by atoms with Crippen molar-refractivity contribution in [3.8, 4) is 0 Å². The summed E-state index contributed by atoms with van der Waals surface area (Å²) in [7, 11) is 0. The lowest BCUT2D eigenvalue weighted by Crippen LogP contribution is -2.44. The van der Waals surface area contributed by atoms with Crippen LogP contribution < -0.4 is 5.32 Å². The van der Waals surface area contributed by atoms with E-state index in [-0.39, 0.29) is 17.7 Å². The van der Waals surface area contributed by atoms with E-state index in [0.717, 1.165) is 5.56 Å². The zero-order valence-corrected chi connectivity index (χ0v) is 12.6. The van der Waals surface area contributed by atoms with Gasteiger partial charge in [0.05, 0.1) is 5.92 Å². The summed E-state index contributed by atoms with van der Waals surface area (Å²) in [6, 6.07) is 8.85. The van der Waals surface area contributed by atoms with Gasteiger partial charge in [0, 0.05) is 5.75 Å². The van der Waals surface area contributed by atoms with Gasteiger partial charge in [-0.1, -0.05) is 44.2 Å². The third-order valence-corrected chi connectivity index (χ3v) is 3.88. The van der Waals surface area contributed by atoms with Crippen molar-refractivity contribution < 1.29 is 14.7 Å². The number of carboxylic acids is 1. The fourth-order valence-electron chi connectivity index (χ4n) is 2.07. The summed E-state index contributed by atoms with van der Waals surface area (Å²) in [5.74, 6) is -1.26. The molecule has 110 valence electrons. The van der Waals surface area contributed by atoms with Crippen molar-refractivity contribution in [1.29, 1.82) is 0 Å². The van der Waals surface area contributed by atoms with E-state index in [1.807, 2.05) is 37.3 Å². The van der Waals surface area contributed by atoms with Gasteiger partial charge in [-0.3, -0.25) is 4.79 Å². The number of carbonyl (C=O) groups excluding carboxylic acids is 1. The van der Waals surface area contributed by atoms with Gasteiger partial charge >= 0.3 is 5.97 Å². The van der Waals surface area contributed by atoms with Crippen LogP contribution in [0.5, 0.6) is 0 Å². The second-order valence-electron chi connectivity index (χ2n) is 4.80. The Morgan fingerprint density at radius 2 is 1.90 bits per heavy atom. The summed E-state index contributed by atoms with van der Waals surface area (Å²) in [6.45, 7) is 3.69. The molecule has 0 heterocycles. The number of carboxylic acid groups (broad SMARTS) is 1. The summed E-state index contributed by atoms with van der Waals surface area (Å²) in [4.78, 5) is 23.2. The summed E-state index contributed by atoms with van der Waals surface area (Å²) < 4.78 is 0. The van der Waals surface area contributed by atoms with Crippen LogP contribution in [0.1, 0.15) is 31.7 Å². The molecule has 1 aromatic rings. The molecule has 3 atom stereocenters. The van der Waals surface area contributed by atoms with Crippen LogP contribution in [-0.2, 0) is 9.59 Å². The third-order valence-electron chi connectivity index (χ3n) is 3.49. The van der Waals surface area contributed by atoms with E-state index in [9.17, 15) is 9.59 Å². The van der Waals surface area contributed by atoms with Gasteiger partial charge < -0.3 is 10.4 Å². The first-order chi connectivity index (χ1) is 9.51. The highest BCUT2D eigenvalue weighted by Gasteiger charge is 2.28. The first-order valence-electron chi connectivity index (χ1n) is 6.70. The first kappa shape index (κ1) is 16.6. The molecule has 0 saturated heterocycles. The number of benzene rings is 1. The molecule has 0 aliphatic rings. The van der Waals surface area contributed by atoms with Crippen LogP contribution in [0.2, 0.25) is 0 Å². The van der Waals surface area contributed by atoms with Gasteiger partial charge in [-0.25, -0.2) is 4.79 Å². The Labute approximate surface area is 125 Å². The van der Waals surface area contributed by atoms with Gasteiger partial charge in [0.15, 0.2) is 0 Å². The SMILES string of the molecule is CC[C@H](NC(=O)[C@@H](CS)[C@H](C)c1ccccc1)C(=O)O. The van der Waals surface area contributed by atoms with E-state index in [4.69, 9.17) is 5.11 Å². The van der Waals surface area contributed by atoms with Crippen molar-refractivity contribution in [2.75, 3.05) is 5.75 Å². The molecule has 0 spiro atoms. The quantitative estimate of drug-likeness (QED) is 0.676. The Hall–Kier alpha value is -1.49. The average molecular weight is 295 g/mol. The Morgan fingerprint density at radius 3 is 2.35 bits per heavy atom. The van der Waals surface area contributed by atoms with Crippen LogP contribution in [0.15, 0.2) is 30.3 Å². The lowest BCUT2D eigenvalue weighted by molar-refractivity contribution is -0.142. The topological polar surface area (TPSA) is 66.4 Å². The van der Waals surface area contributed by atoms with Gasteiger partial charge in [-0.15, -0.1) is 0 Å². The molecule has 0 aromatic heterocycles. The largest absolute Gasteiger partial charge is 0.480 e. The van der Waals surface area contributed by atoms with E-state index in [1.54, 1.807) is 6.92 Å². The molecule has 0 bridgehead atoms. The van der Waals surface area contributed by atoms with E-state index >= 15 is 0 Å². The summed E-state index contributed by atoms with van der Waals surface area (Å²) in [6.07, 6.45) is 0.361. The maximum Gasteiger partial charge on any atom is 0.326 e. The van der Waals surface area contributed by atoms with Crippen molar-refractivity contribution in [3.05, 3.63) is 35.9 Å². The second-order valence-corrected chi connectivity index (χ2v) is 5.16. The van der Waals surface area contributed by atoms with Crippen LogP contribution in [0, 0.1) is 5.92 Å². The number of aliphatic carboxylic acids is 1. The minimum Gasteiger partial charge on any atom is -0.480 e. The van der Waals surface area contributed by atoms with Crippen molar-refractivity contribution in [3.63, 3.8) is 0 Å². The molecule has 20 heavy (non-hydrogen) atoms. The molecule has 0 aliphatic carbocycles. The van der Waals surface area contributed by atoms with Crippen LogP contribution in [0.25, 0.3) is 0 Å². The summed E-state index contributed by atoms with van der Waals surface area (Å²) in [5.41, 5.74) is 1.05. The van der Waals surface area contributed by atoms with Crippen LogP contribution in [-0.4, -0.2) is 28.8 Å². The van der Waals surface area contributed by atoms with Crippen molar-refractivity contribution in [2.24, 2.45) is 5.92 Å². The van der Waals surface area contributed by atoms with E-state index in [2.05, 4.69) is 17.9 Å². The number of hydrogen-bond donors (Lipinski definition) is 3. The fourth-order valence-corrected chi connectivity index (χ4v) is 2.56. The second kappa shape index (κ2) is 7.94. The van der Waals surface area contributed by atoms with Crippen molar-refractivity contribution in [1.82, 2.24) is 5.32 Å². The molecule has 0 unspecified atom stereocenters.